The lowest BCUT2D eigenvalue weighted by Crippen LogP contribution is -2.08. The van der Waals surface area contributed by atoms with Gasteiger partial charge in [0.05, 0.1) is 5.02 Å². The Morgan fingerprint density at radius 3 is 2.17 bits per heavy atom. The Morgan fingerprint density at radius 1 is 0.826 bits per heavy atom. The maximum atomic E-state index is 11.6. The van der Waals surface area contributed by atoms with E-state index >= 15 is 0 Å². The van der Waals surface area contributed by atoms with Gasteiger partial charge in [-0.15, -0.1) is 0 Å². The number of rotatable bonds is 4. The summed E-state index contributed by atoms with van der Waals surface area (Å²) in [6.07, 6.45) is 1.85. The highest BCUT2D eigenvalue weighted by Crippen LogP contribution is 2.27. The Kier molecular flexibility index (Phi) is 6.04. The second-order valence-corrected chi connectivity index (χ2v) is 5.49. The molecular weight excluding hydrogens is 363 g/mol. The molecule has 0 bridgehead atoms. The third-order valence-electron chi connectivity index (χ3n) is 2.47. The van der Waals surface area contributed by atoms with Gasteiger partial charge in [0.15, 0.2) is 5.75 Å². The van der Waals surface area contributed by atoms with E-state index in [0.717, 1.165) is 12.2 Å². The summed E-state index contributed by atoms with van der Waals surface area (Å²) in [6, 6.07) is 10.7. The number of hydrogen-bond acceptors (Lipinski definition) is 4. The largest absolute Gasteiger partial charge is 0.423 e. The van der Waals surface area contributed by atoms with E-state index in [1.807, 2.05) is 0 Å². The summed E-state index contributed by atoms with van der Waals surface area (Å²) in [4.78, 5) is 23.2. The Hall–Kier alpha value is -2.01. The van der Waals surface area contributed by atoms with Crippen molar-refractivity contribution in [2.24, 2.45) is 0 Å². The van der Waals surface area contributed by atoms with Crippen LogP contribution in [0.15, 0.2) is 54.6 Å². The van der Waals surface area contributed by atoms with Crippen LogP contribution in [0.1, 0.15) is 0 Å². The summed E-state index contributed by atoms with van der Waals surface area (Å²) in [5.41, 5.74) is 0. The average molecular weight is 372 g/mol. The fraction of sp³-hybridized carbons (Fsp3) is 0. The molecule has 0 amide bonds. The summed E-state index contributed by atoms with van der Waals surface area (Å²) >= 11 is 17.4. The van der Waals surface area contributed by atoms with Crippen LogP contribution in [0, 0.1) is 0 Å². The lowest BCUT2D eigenvalue weighted by molar-refractivity contribution is -0.131. The Labute approximate surface area is 147 Å². The van der Waals surface area contributed by atoms with Crippen molar-refractivity contribution >= 4 is 46.7 Å². The predicted molar refractivity (Wildman–Crippen MR) is 88.3 cm³/mol. The summed E-state index contributed by atoms with van der Waals surface area (Å²) in [7, 11) is 0. The molecule has 0 radical (unpaired) electrons. The molecule has 0 atom stereocenters. The van der Waals surface area contributed by atoms with Gasteiger partial charge in [0.25, 0.3) is 0 Å². The molecule has 0 spiro atoms. The van der Waals surface area contributed by atoms with Crippen LogP contribution in [0.5, 0.6) is 11.5 Å². The molecule has 2 rings (SSSR count). The molecule has 4 nitrogen and oxygen atoms in total. The van der Waals surface area contributed by atoms with Gasteiger partial charge in [-0.1, -0.05) is 40.9 Å². The van der Waals surface area contributed by atoms with E-state index in [-0.39, 0.29) is 16.5 Å². The van der Waals surface area contributed by atoms with E-state index < -0.39 is 11.9 Å². The molecular formula is C16H9Cl3O4. The number of hydrogen-bond donors (Lipinski definition) is 0. The van der Waals surface area contributed by atoms with E-state index in [0.29, 0.717) is 10.0 Å². The van der Waals surface area contributed by atoms with Crippen LogP contribution in [0.3, 0.4) is 0 Å². The van der Waals surface area contributed by atoms with Crippen molar-refractivity contribution in [3.63, 3.8) is 0 Å². The van der Waals surface area contributed by atoms with Crippen LogP contribution in [-0.2, 0) is 9.59 Å². The van der Waals surface area contributed by atoms with Gasteiger partial charge in [0, 0.05) is 28.3 Å². The molecule has 0 heterocycles. The average Bonchev–Trinajstić information content (AvgIpc) is 2.49. The van der Waals surface area contributed by atoms with Crippen LogP contribution >= 0.6 is 34.8 Å². The molecule has 0 aliphatic heterocycles. The van der Waals surface area contributed by atoms with Gasteiger partial charge in [0.1, 0.15) is 5.75 Å². The first kappa shape index (κ1) is 17.3. The summed E-state index contributed by atoms with van der Waals surface area (Å²) in [5.74, 6) is -1.19. The summed E-state index contributed by atoms with van der Waals surface area (Å²) in [5, 5.41) is 1.01. The molecule has 0 aliphatic rings. The number of carbonyl (C=O) groups is 2. The van der Waals surface area contributed by atoms with Crippen molar-refractivity contribution in [2.75, 3.05) is 0 Å². The molecule has 0 saturated carbocycles. The third-order valence-corrected chi connectivity index (χ3v) is 3.26. The van der Waals surface area contributed by atoms with E-state index in [1.165, 1.54) is 18.2 Å². The topological polar surface area (TPSA) is 52.6 Å². The minimum Gasteiger partial charge on any atom is -0.423 e. The van der Waals surface area contributed by atoms with Crippen molar-refractivity contribution < 1.29 is 19.1 Å². The van der Waals surface area contributed by atoms with Crippen molar-refractivity contribution in [2.45, 2.75) is 0 Å². The number of ether oxygens (including phenoxy) is 2. The van der Waals surface area contributed by atoms with Crippen molar-refractivity contribution in [3.8, 4) is 11.5 Å². The molecule has 0 N–H and O–H groups in total. The maximum absolute atomic E-state index is 11.6. The van der Waals surface area contributed by atoms with Gasteiger partial charge in [-0.2, -0.15) is 0 Å². The first-order valence-electron chi connectivity index (χ1n) is 6.26. The smallest absolute Gasteiger partial charge is 0.336 e. The van der Waals surface area contributed by atoms with Crippen LogP contribution in [0.4, 0.5) is 0 Å². The molecule has 118 valence electrons. The zero-order valence-corrected chi connectivity index (χ0v) is 13.7. The number of halogens is 3. The first-order valence-corrected chi connectivity index (χ1v) is 7.40. The Morgan fingerprint density at radius 2 is 1.48 bits per heavy atom. The van der Waals surface area contributed by atoms with Gasteiger partial charge in [0.2, 0.25) is 0 Å². The molecule has 0 fully saturated rings. The van der Waals surface area contributed by atoms with Gasteiger partial charge in [-0.3, -0.25) is 0 Å². The zero-order chi connectivity index (χ0) is 16.8. The Balaban J connectivity index is 1.95. The van der Waals surface area contributed by atoms with Gasteiger partial charge in [-0.25, -0.2) is 9.59 Å². The highest BCUT2D eigenvalue weighted by Gasteiger charge is 2.08. The highest BCUT2D eigenvalue weighted by atomic mass is 35.5. The SMILES string of the molecule is O=C(/C=C/C(=O)Oc1cc(Cl)ccc1Cl)Oc1cccc(Cl)c1. The molecule has 0 unspecified atom stereocenters. The quantitative estimate of drug-likeness (QED) is 0.443. The lowest BCUT2D eigenvalue weighted by Gasteiger charge is -2.04. The number of carbonyl (C=O) groups excluding carboxylic acids is 2. The number of esters is 2. The molecule has 2 aromatic carbocycles. The van der Waals surface area contributed by atoms with E-state index in [2.05, 4.69) is 0 Å². The normalized spacial score (nSPS) is 10.6. The van der Waals surface area contributed by atoms with E-state index in [9.17, 15) is 9.59 Å². The summed E-state index contributed by atoms with van der Waals surface area (Å²) in [6.45, 7) is 0. The second kappa shape index (κ2) is 8.02. The monoisotopic (exact) mass is 370 g/mol. The molecule has 2 aromatic rings. The van der Waals surface area contributed by atoms with Gasteiger partial charge >= 0.3 is 11.9 Å². The Bertz CT molecular complexity index is 772. The van der Waals surface area contributed by atoms with Crippen molar-refractivity contribution in [3.05, 3.63) is 69.7 Å². The summed E-state index contributed by atoms with van der Waals surface area (Å²) < 4.78 is 9.95. The van der Waals surface area contributed by atoms with Crippen LogP contribution in [-0.4, -0.2) is 11.9 Å². The fourth-order valence-corrected chi connectivity index (χ4v) is 2.01. The van der Waals surface area contributed by atoms with Crippen LogP contribution in [0.25, 0.3) is 0 Å². The third kappa shape index (κ3) is 5.60. The maximum Gasteiger partial charge on any atom is 0.336 e. The number of benzene rings is 2. The molecule has 0 saturated heterocycles. The fourth-order valence-electron chi connectivity index (χ4n) is 1.51. The first-order chi connectivity index (χ1) is 10.9. The predicted octanol–water partition coefficient (Wildman–Crippen LogP) is 4.71. The van der Waals surface area contributed by atoms with Crippen LogP contribution < -0.4 is 9.47 Å². The standard InChI is InChI=1S/C16H9Cl3O4/c17-10-2-1-3-12(8-10)22-15(20)6-7-16(21)23-14-9-11(18)4-5-13(14)19/h1-9H/b7-6+. The molecule has 7 heteroatoms. The van der Waals surface area contributed by atoms with E-state index in [4.69, 9.17) is 44.3 Å². The minimum absolute atomic E-state index is 0.0945. The highest BCUT2D eigenvalue weighted by molar-refractivity contribution is 6.34. The van der Waals surface area contributed by atoms with Gasteiger partial charge < -0.3 is 9.47 Å². The zero-order valence-electron chi connectivity index (χ0n) is 11.5. The van der Waals surface area contributed by atoms with Gasteiger partial charge in [-0.05, 0) is 30.3 Å². The van der Waals surface area contributed by atoms with Crippen molar-refractivity contribution in [1.29, 1.82) is 0 Å². The second-order valence-electron chi connectivity index (χ2n) is 4.21. The molecule has 0 aromatic heterocycles. The van der Waals surface area contributed by atoms with Crippen molar-refractivity contribution in [1.82, 2.24) is 0 Å². The van der Waals surface area contributed by atoms with Crippen LogP contribution in [0.2, 0.25) is 15.1 Å². The molecule has 0 aliphatic carbocycles. The lowest BCUT2D eigenvalue weighted by atomic mass is 10.3. The molecule has 23 heavy (non-hydrogen) atoms. The van der Waals surface area contributed by atoms with E-state index in [1.54, 1.807) is 24.3 Å². The minimum atomic E-state index is -0.794.